The summed E-state index contributed by atoms with van der Waals surface area (Å²) in [4.78, 5) is 20.4. The van der Waals surface area contributed by atoms with E-state index in [0.717, 1.165) is 27.4 Å². The van der Waals surface area contributed by atoms with Gasteiger partial charge in [0.1, 0.15) is 18.2 Å². The molecule has 5 rings (SSSR count). The number of ketones is 1. The Morgan fingerprint density at radius 3 is 2.96 bits per heavy atom. The minimum absolute atomic E-state index is 0.0730. The van der Waals surface area contributed by atoms with Gasteiger partial charge in [-0.05, 0) is 36.6 Å². The molecule has 0 spiro atoms. The number of carbonyl (C=O) groups is 1. The lowest BCUT2D eigenvalue weighted by atomic mass is 10.00. The summed E-state index contributed by atoms with van der Waals surface area (Å²) in [6.45, 7) is 3.84. The van der Waals surface area contributed by atoms with Gasteiger partial charge in [-0.25, -0.2) is 0 Å². The molecule has 140 valence electrons. The molecule has 2 aromatic heterocycles. The molecule has 0 saturated carbocycles. The van der Waals surface area contributed by atoms with E-state index in [-0.39, 0.29) is 5.78 Å². The highest BCUT2D eigenvalue weighted by atomic mass is 32.1. The maximum Gasteiger partial charge on any atom is 0.232 e. The van der Waals surface area contributed by atoms with E-state index in [0.29, 0.717) is 36.9 Å². The molecule has 0 unspecified atom stereocenters. The molecule has 0 atom stereocenters. The molecule has 0 amide bonds. The van der Waals surface area contributed by atoms with Crippen LogP contribution in [0.5, 0.6) is 11.5 Å². The smallest absolute Gasteiger partial charge is 0.232 e. The van der Waals surface area contributed by atoms with Crippen molar-refractivity contribution < 1.29 is 14.3 Å². The molecule has 2 aliphatic rings. The van der Waals surface area contributed by atoms with Crippen LogP contribution in [0.3, 0.4) is 0 Å². The number of Topliss-reactive ketones (excluding diaryl/α,β-unsaturated/α-hetero) is 1. The number of hydrogen-bond acceptors (Lipinski definition) is 6. The standard InChI is InChI=1S/C22H18N2O3S/c1-14-21-15(11-24(13-26-21)12-16-5-2-3-7-23-16)9-18-20(25)19(27-22(14)18)10-17-6-4-8-28-17/h2-10H,11-13H2,1H3. The highest BCUT2D eigenvalue weighted by Gasteiger charge is 2.33. The second kappa shape index (κ2) is 6.89. The van der Waals surface area contributed by atoms with Crippen molar-refractivity contribution in [3.05, 3.63) is 81.0 Å². The van der Waals surface area contributed by atoms with Crippen LogP contribution < -0.4 is 9.47 Å². The number of aromatic nitrogens is 1. The molecular formula is C22H18N2O3S. The van der Waals surface area contributed by atoms with E-state index in [2.05, 4.69) is 9.88 Å². The number of nitrogens with zero attached hydrogens (tertiary/aromatic N) is 2. The van der Waals surface area contributed by atoms with Gasteiger partial charge in [-0.2, -0.15) is 0 Å². The lowest BCUT2D eigenvalue weighted by Crippen LogP contribution is -2.32. The lowest BCUT2D eigenvalue weighted by molar-refractivity contribution is 0.0865. The summed E-state index contributed by atoms with van der Waals surface area (Å²) in [5.41, 5.74) is 3.50. The number of fused-ring (bicyclic) bond motifs is 2. The Morgan fingerprint density at radius 2 is 2.18 bits per heavy atom. The fraction of sp³-hybridized carbons (Fsp3) is 0.182. The van der Waals surface area contributed by atoms with Gasteiger partial charge in [0.2, 0.25) is 5.78 Å². The molecule has 3 aromatic rings. The quantitative estimate of drug-likeness (QED) is 0.620. The summed E-state index contributed by atoms with van der Waals surface area (Å²) in [7, 11) is 0. The summed E-state index contributed by atoms with van der Waals surface area (Å²) < 4.78 is 12.0. The summed E-state index contributed by atoms with van der Waals surface area (Å²) in [5.74, 6) is 1.73. The molecule has 6 heteroatoms. The Morgan fingerprint density at radius 1 is 1.25 bits per heavy atom. The second-order valence-corrected chi connectivity index (χ2v) is 7.88. The first-order valence-corrected chi connectivity index (χ1v) is 9.96. The van der Waals surface area contributed by atoms with E-state index in [4.69, 9.17) is 9.47 Å². The molecule has 1 aromatic carbocycles. The van der Waals surface area contributed by atoms with Crippen LogP contribution >= 0.6 is 11.3 Å². The van der Waals surface area contributed by atoms with Crippen molar-refractivity contribution in [2.45, 2.75) is 20.0 Å². The van der Waals surface area contributed by atoms with Crippen LogP contribution in [0.1, 0.15) is 32.1 Å². The Bertz CT molecular complexity index is 1070. The third-order valence-corrected chi connectivity index (χ3v) is 5.75. The SMILES string of the molecule is Cc1c2c(cc3c1OC(=Cc1cccs1)C3=O)CN(Cc1ccccn1)CO2. The number of carbonyl (C=O) groups excluding carboxylic acids is 1. The highest BCUT2D eigenvalue weighted by Crippen LogP contribution is 2.43. The molecule has 0 fully saturated rings. The van der Waals surface area contributed by atoms with Crippen LogP contribution in [0.4, 0.5) is 0 Å². The first-order chi connectivity index (χ1) is 13.7. The van der Waals surface area contributed by atoms with Crippen molar-refractivity contribution in [2.24, 2.45) is 0 Å². The third-order valence-electron chi connectivity index (χ3n) is 4.93. The van der Waals surface area contributed by atoms with Gasteiger partial charge in [-0.1, -0.05) is 12.1 Å². The normalized spacial score (nSPS) is 17.2. The molecule has 2 aliphatic heterocycles. The number of rotatable bonds is 3. The van der Waals surface area contributed by atoms with Gasteiger partial charge in [-0.15, -0.1) is 11.3 Å². The van der Waals surface area contributed by atoms with Crippen molar-refractivity contribution in [3.8, 4) is 11.5 Å². The van der Waals surface area contributed by atoms with Gasteiger partial charge >= 0.3 is 0 Å². The third kappa shape index (κ3) is 3.00. The molecule has 0 bridgehead atoms. The summed E-state index contributed by atoms with van der Waals surface area (Å²) in [6.07, 6.45) is 3.60. The molecule has 0 aliphatic carbocycles. The molecule has 0 N–H and O–H groups in total. The first-order valence-electron chi connectivity index (χ1n) is 9.08. The Hall–Kier alpha value is -2.96. The zero-order valence-electron chi connectivity index (χ0n) is 15.3. The van der Waals surface area contributed by atoms with Crippen molar-refractivity contribution in [3.63, 3.8) is 0 Å². The summed E-state index contributed by atoms with van der Waals surface area (Å²) in [6, 6.07) is 11.7. The van der Waals surface area contributed by atoms with Crippen LogP contribution in [-0.4, -0.2) is 22.4 Å². The molecule has 0 radical (unpaired) electrons. The first kappa shape index (κ1) is 17.2. The topological polar surface area (TPSA) is 51.7 Å². The Labute approximate surface area is 166 Å². The fourth-order valence-corrected chi connectivity index (χ4v) is 4.27. The highest BCUT2D eigenvalue weighted by molar-refractivity contribution is 7.10. The largest absolute Gasteiger partial charge is 0.477 e. The van der Waals surface area contributed by atoms with Gasteiger partial charge in [0, 0.05) is 41.4 Å². The summed E-state index contributed by atoms with van der Waals surface area (Å²) >= 11 is 1.58. The lowest BCUT2D eigenvalue weighted by Gasteiger charge is -2.30. The van der Waals surface area contributed by atoms with E-state index in [9.17, 15) is 4.79 Å². The van der Waals surface area contributed by atoms with E-state index >= 15 is 0 Å². The number of thiophene rings is 1. The van der Waals surface area contributed by atoms with E-state index in [1.165, 1.54) is 0 Å². The van der Waals surface area contributed by atoms with Gasteiger partial charge in [0.25, 0.3) is 0 Å². The predicted molar refractivity (Wildman–Crippen MR) is 107 cm³/mol. The molecule has 0 saturated heterocycles. The van der Waals surface area contributed by atoms with Crippen LogP contribution in [-0.2, 0) is 13.1 Å². The zero-order valence-corrected chi connectivity index (χ0v) is 16.2. The monoisotopic (exact) mass is 390 g/mol. The van der Waals surface area contributed by atoms with Crippen molar-refractivity contribution in [1.29, 1.82) is 0 Å². The van der Waals surface area contributed by atoms with Crippen LogP contribution in [0.2, 0.25) is 0 Å². The second-order valence-electron chi connectivity index (χ2n) is 6.90. The van der Waals surface area contributed by atoms with Crippen molar-refractivity contribution in [2.75, 3.05) is 6.73 Å². The number of benzene rings is 1. The van der Waals surface area contributed by atoms with E-state index < -0.39 is 0 Å². The summed E-state index contributed by atoms with van der Waals surface area (Å²) in [5, 5.41) is 1.98. The van der Waals surface area contributed by atoms with Gasteiger partial charge in [0.15, 0.2) is 5.76 Å². The number of hydrogen-bond donors (Lipinski definition) is 0. The average molecular weight is 390 g/mol. The molecule has 28 heavy (non-hydrogen) atoms. The molecule has 4 heterocycles. The maximum absolute atomic E-state index is 12.9. The molecule has 5 nitrogen and oxygen atoms in total. The van der Waals surface area contributed by atoms with Crippen molar-refractivity contribution >= 4 is 23.2 Å². The van der Waals surface area contributed by atoms with E-state index in [1.54, 1.807) is 23.6 Å². The minimum Gasteiger partial charge on any atom is -0.477 e. The van der Waals surface area contributed by atoms with Crippen molar-refractivity contribution in [1.82, 2.24) is 9.88 Å². The number of allylic oxidation sites excluding steroid dienone is 1. The average Bonchev–Trinajstić information content (AvgIpc) is 3.32. The van der Waals surface area contributed by atoms with Crippen LogP contribution in [0.25, 0.3) is 6.08 Å². The zero-order chi connectivity index (χ0) is 19.1. The van der Waals surface area contributed by atoms with Crippen LogP contribution in [0, 0.1) is 6.92 Å². The van der Waals surface area contributed by atoms with Gasteiger partial charge in [0.05, 0.1) is 11.3 Å². The van der Waals surface area contributed by atoms with Crippen LogP contribution in [0.15, 0.2) is 53.7 Å². The number of ether oxygens (including phenoxy) is 2. The minimum atomic E-state index is -0.0730. The maximum atomic E-state index is 12.9. The van der Waals surface area contributed by atoms with Gasteiger partial charge in [-0.3, -0.25) is 14.7 Å². The molecular weight excluding hydrogens is 372 g/mol. The van der Waals surface area contributed by atoms with Gasteiger partial charge < -0.3 is 9.47 Å². The number of pyridine rings is 1. The van der Waals surface area contributed by atoms with E-state index in [1.807, 2.05) is 48.7 Å². The fourth-order valence-electron chi connectivity index (χ4n) is 3.62. The predicted octanol–water partition coefficient (Wildman–Crippen LogP) is 4.42. The Balaban J connectivity index is 1.44. The Kier molecular flexibility index (Phi) is 4.22.